The van der Waals surface area contributed by atoms with E-state index in [0.29, 0.717) is 11.0 Å². The summed E-state index contributed by atoms with van der Waals surface area (Å²) in [4.78, 5) is 0. The lowest BCUT2D eigenvalue weighted by molar-refractivity contribution is -0.141. The van der Waals surface area contributed by atoms with Crippen molar-refractivity contribution in [1.29, 1.82) is 0 Å². The monoisotopic (exact) mass is 348 g/mol. The molecule has 0 spiro atoms. The van der Waals surface area contributed by atoms with Gasteiger partial charge < -0.3 is 4.74 Å². The maximum Gasteiger partial charge on any atom is 0.435 e. The number of ether oxygens (including phenoxy) is 1. The van der Waals surface area contributed by atoms with Crippen molar-refractivity contribution in [3.8, 4) is 11.6 Å². The van der Waals surface area contributed by atoms with Crippen LogP contribution in [0.2, 0.25) is 0 Å². The minimum atomic E-state index is -4.49. The Bertz CT molecular complexity index is 578. The van der Waals surface area contributed by atoms with Gasteiger partial charge in [-0.15, -0.1) is 0 Å². The maximum atomic E-state index is 12.7. The van der Waals surface area contributed by atoms with E-state index in [9.17, 15) is 13.2 Å². The van der Waals surface area contributed by atoms with Gasteiger partial charge in [-0.25, -0.2) is 4.68 Å². The van der Waals surface area contributed by atoms with Crippen LogP contribution in [0.25, 0.3) is 5.69 Å². The molecule has 0 aliphatic rings. The van der Waals surface area contributed by atoms with Crippen LogP contribution in [0.5, 0.6) is 5.88 Å². The maximum absolute atomic E-state index is 12.7. The predicted octanol–water partition coefficient (Wildman–Crippen LogP) is 4.18. The highest BCUT2D eigenvalue weighted by Crippen LogP contribution is 2.32. The number of benzene rings is 1. The van der Waals surface area contributed by atoms with Crippen molar-refractivity contribution in [3.05, 3.63) is 41.6 Å². The first kappa shape index (κ1) is 14.9. The summed E-state index contributed by atoms with van der Waals surface area (Å²) in [6.45, 7) is 1.97. The second kappa shape index (κ2) is 5.87. The molecule has 1 aromatic carbocycles. The highest BCUT2D eigenvalue weighted by Gasteiger charge is 2.35. The van der Waals surface area contributed by atoms with Crippen LogP contribution in [0.1, 0.15) is 18.2 Å². The molecule has 0 saturated heterocycles. The van der Waals surface area contributed by atoms with Crippen LogP contribution in [0, 0.1) is 0 Å². The van der Waals surface area contributed by atoms with Crippen molar-refractivity contribution in [3.63, 3.8) is 0 Å². The summed E-state index contributed by atoms with van der Waals surface area (Å²) in [6, 6.07) is 7.93. The molecule has 0 saturated carbocycles. The first-order chi connectivity index (χ1) is 9.45. The normalized spacial score (nSPS) is 11.7. The van der Waals surface area contributed by atoms with E-state index in [2.05, 4.69) is 21.0 Å². The zero-order valence-electron chi connectivity index (χ0n) is 10.6. The molecule has 0 aliphatic carbocycles. The molecular weight excluding hydrogens is 337 g/mol. The molecule has 20 heavy (non-hydrogen) atoms. The molecule has 0 radical (unpaired) electrons. The molecule has 0 bridgehead atoms. The van der Waals surface area contributed by atoms with Crippen molar-refractivity contribution in [2.75, 3.05) is 6.61 Å². The fourth-order valence-corrected chi connectivity index (χ4v) is 2.04. The average Bonchev–Trinajstić information content (AvgIpc) is 2.83. The minimum Gasteiger partial charge on any atom is -0.478 e. The summed E-state index contributed by atoms with van der Waals surface area (Å²) in [7, 11) is 0. The third-order valence-corrected chi connectivity index (χ3v) is 3.24. The fourth-order valence-electron chi connectivity index (χ4n) is 1.66. The number of hydrogen-bond acceptors (Lipinski definition) is 2. The Balaban J connectivity index is 2.44. The zero-order chi connectivity index (χ0) is 14.8. The lowest BCUT2D eigenvalue weighted by atomic mass is 10.2. The van der Waals surface area contributed by atoms with Gasteiger partial charge in [-0.2, -0.15) is 18.3 Å². The Morgan fingerprint density at radius 2 is 1.90 bits per heavy atom. The van der Waals surface area contributed by atoms with Gasteiger partial charge in [0, 0.05) is 11.4 Å². The summed E-state index contributed by atoms with van der Waals surface area (Å²) in [5, 5.41) is 4.26. The molecule has 7 heteroatoms. The van der Waals surface area contributed by atoms with E-state index in [1.54, 1.807) is 19.1 Å². The van der Waals surface area contributed by atoms with E-state index in [0.717, 1.165) is 16.3 Å². The van der Waals surface area contributed by atoms with Gasteiger partial charge in [-0.3, -0.25) is 0 Å². The minimum absolute atomic E-state index is 0.0754. The third kappa shape index (κ3) is 3.15. The highest BCUT2D eigenvalue weighted by atomic mass is 79.9. The lowest BCUT2D eigenvalue weighted by Gasteiger charge is -2.07. The Kier molecular flexibility index (Phi) is 4.37. The molecule has 0 fully saturated rings. The summed E-state index contributed by atoms with van der Waals surface area (Å²) < 4.78 is 44.5. The van der Waals surface area contributed by atoms with Gasteiger partial charge in [0.2, 0.25) is 5.88 Å². The quantitative estimate of drug-likeness (QED) is 0.775. The summed E-state index contributed by atoms with van der Waals surface area (Å²) in [5.41, 5.74) is 0.578. The summed E-state index contributed by atoms with van der Waals surface area (Å²) in [6.07, 6.45) is -4.49. The van der Waals surface area contributed by atoms with Crippen LogP contribution in [0.4, 0.5) is 13.2 Å². The van der Waals surface area contributed by atoms with Crippen LogP contribution in [-0.4, -0.2) is 16.4 Å². The molecule has 2 aromatic rings. The number of hydrogen-bond donors (Lipinski definition) is 0. The number of nitrogens with zero attached hydrogens (tertiary/aromatic N) is 2. The average molecular weight is 349 g/mol. The smallest absolute Gasteiger partial charge is 0.435 e. The Morgan fingerprint density at radius 3 is 2.40 bits per heavy atom. The third-order valence-electron chi connectivity index (χ3n) is 2.59. The van der Waals surface area contributed by atoms with E-state index >= 15 is 0 Å². The first-order valence-corrected chi connectivity index (χ1v) is 7.03. The van der Waals surface area contributed by atoms with E-state index in [1.165, 1.54) is 0 Å². The van der Waals surface area contributed by atoms with E-state index < -0.39 is 11.9 Å². The molecule has 3 nitrogen and oxygen atoms in total. The van der Waals surface area contributed by atoms with E-state index in [1.807, 2.05) is 12.1 Å². The highest BCUT2D eigenvalue weighted by molar-refractivity contribution is 9.08. The first-order valence-electron chi connectivity index (χ1n) is 5.91. The Morgan fingerprint density at radius 1 is 1.25 bits per heavy atom. The topological polar surface area (TPSA) is 27.1 Å². The van der Waals surface area contributed by atoms with E-state index in [-0.39, 0.29) is 12.5 Å². The van der Waals surface area contributed by atoms with Crippen molar-refractivity contribution in [2.24, 2.45) is 0 Å². The Hall–Kier alpha value is -1.50. The van der Waals surface area contributed by atoms with Crippen molar-refractivity contribution < 1.29 is 17.9 Å². The summed E-state index contributed by atoms with van der Waals surface area (Å²) >= 11 is 3.31. The fraction of sp³-hybridized carbons (Fsp3) is 0.308. The van der Waals surface area contributed by atoms with E-state index in [4.69, 9.17) is 4.74 Å². The molecule has 0 amide bonds. The van der Waals surface area contributed by atoms with Crippen LogP contribution < -0.4 is 4.74 Å². The van der Waals surface area contributed by atoms with Gasteiger partial charge in [-0.1, -0.05) is 28.1 Å². The summed E-state index contributed by atoms with van der Waals surface area (Å²) in [5.74, 6) is 0.0754. The van der Waals surface area contributed by atoms with Crippen LogP contribution in [0.3, 0.4) is 0 Å². The zero-order valence-corrected chi connectivity index (χ0v) is 12.2. The number of halogens is 4. The lowest BCUT2D eigenvalue weighted by Crippen LogP contribution is -2.07. The standard InChI is InChI=1S/C13H12BrF3N2O/c1-2-20-12-7-11(13(15,16)17)18-19(12)10-5-3-9(8-14)4-6-10/h3-7H,2,8H2,1H3. The van der Waals surface area contributed by atoms with Gasteiger partial charge in [0.1, 0.15) is 0 Å². The van der Waals surface area contributed by atoms with Crippen LogP contribution in [-0.2, 0) is 11.5 Å². The van der Waals surface area contributed by atoms with Gasteiger partial charge in [-0.05, 0) is 24.6 Å². The molecule has 0 unspecified atom stereocenters. The SMILES string of the molecule is CCOc1cc(C(F)(F)F)nn1-c1ccc(CBr)cc1. The molecule has 1 heterocycles. The van der Waals surface area contributed by atoms with Gasteiger partial charge in [0.05, 0.1) is 12.3 Å². The number of rotatable bonds is 4. The van der Waals surface area contributed by atoms with Crippen molar-refractivity contribution in [2.45, 2.75) is 18.4 Å². The van der Waals surface area contributed by atoms with Gasteiger partial charge in [0.25, 0.3) is 0 Å². The number of aromatic nitrogens is 2. The molecular formula is C13H12BrF3N2O. The van der Waals surface area contributed by atoms with Gasteiger partial charge in [0.15, 0.2) is 5.69 Å². The molecule has 108 valence electrons. The molecule has 2 rings (SSSR count). The second-order valence-electron chi connectivity index (χ2n) is 4.01. The largest absolute Gasteiger partial charge is 0.478 e. The van der Waals surface area contributed by atoms with Crippen molar-refractivity contribution in [1.82, 2.24) is 9.78 Å². The van der Waals surface area contributed by atoms with Crippen LogP contribution in [0.15, 0.2) is 30.3 Å². The molecule has 0 aliphatic heterocycles. The molecule has 0 atom stereocenters. The Labute approximate surface area is 122 Å². The molecule has 1 aromatic heterocycles. The predicted molar refractivity (Wildman–Crippen MR) is 72.4 cm³/mol. The van der Waals surface area contributed by atoms with Gasteiger partial charge >= 0.3 is 6.18 Å². The van der Waals surface area contributed by atoms with Crippen molar-refractivity contribution >= 4 is 15.9 Å². The molecule has 0 N–H and O–H groups in total. The number of alkyl halides is 4. The second-order valence-corrected chi connectivity index (χ2v) is 4.57. The van der Waals surface area contributed by atoms with Crippen LogP contribution >= 0.6 is 15.9 Å².